The molecule has 12 rings (SSSR count). The van der Waals surface area contributed by atoms with Crippen LogP contribution in [-0.2, 0) is 16.2 Å². The van der Waals surface area contributed by atoms with Gasteiger partial charge >= 0.3 is 0 Å². The SMILES string of the molecule is CC1(C)c2ccccc2-c2cc(-c3cc(-c4ccc5c(c4)-c4ccccc4C5(C)C)c4ccc5c6c(cc7ccc3c4c75)C(C)(C)c3ccccc3-6)ccc21. The van der Waals surface area contributed by atoms with Gasteiger partial charge in [-0.25, -0.2) is 0 Å². The first kappa shape index (κ1) is 31.4. The van der Waals surface area contributed by atoms with Crippen molar-refractivity contribution in [1.29, 1.82) is 0 Å². The molecule has 0 N–H and O–H groups in total. The zero-order chi connectivity index (χ0) is 37.2. The van der Waals surface area contributed by atoms with Crippen LogP contribution in [0.5, 0.6) is 0 Å². The maximum Gasteiger partial charge on any atom is 0.0159 e. The first-order chi connectivity index (χ1) is 26.5. The lowest BCUT2D eigenvalue weighted by Crippen LogP contribution is -2.14. The topological polar surface area (TPSA) is 0 Å². The van der Waals surface area contributed by atoms with Crippen LogP contribution >= 0.6 is 0 Å². The Labute approximate surface area is 323 Å². The molecule has 3 aliphatic rings. The Morgan fingerprint density at radius 2 is 0.727 bits per heavy atom. The highest BCUT2D eigenvalue weighted by atomic mass is 14.4. The molecule has 3 aliphatic carbocycles. The number of hydrogen-bond donors (Lipinski definition) is 0. The Hall–Kier alpha value is -5.98. The van der Waals surface area contributed by atoms with E-state index in [9.17, 15) is 0 Å². The van der Waals surface area contributed by atoms with E-state index in [-0.39, 0.29) is 16.2 Å². The summed E-state index contributed by atoms with van der Waals surface area (Å²) >= 11 is 0. The lowest BCUT2D eigenvalue weighted by molar-refractivity contribution is 0.660. The molecular weight excluding hydrogens is 661 g/mol. The number of hydrogen-bond acceptors (Lipinski definition) is 0. The lowest BCUT2D eigenvalue weighted by atomic mass is 9.79. The van der Waals surface area contributed by atoms with E-state index in [1.54, 1.807) is 0 Å². The van der Waals surface area contributed by atoms with Crippen molar-refractivity contribution < 1.29 is 0 Å². The van der Waals surface area contributed by atoms with Gasteiger partial charge in [0.1, 0.15) is 0 Å². The summed E-state index contributed by atoms with van der Waals surface area (Å²) in [5, 5.41) is 8.08. The summed E-state index contributed by atoms with van der Waals surface area (Å²) in [4.78, 5) is 0. The number of rotatable bonds is 2. The van der Waals surface area contributed by atoms with E-state index in [4.69, 9.17) is 0 Å². The van der Waals surface area contributed by atoms with Gasteiger partial charge in [0.2, 0.25) is 0 Å². The van der Waals surface area contributed by atoms with E-state index in [1.165, 1.54) is 121 Å². The summed E-state index contributed by atoms with van der Waals surface area (Å²) in [7, 11) is 0. The van der Waals surface area contributed by atoms with Crippen molar-refractivity contribution >= 4 is 32.3 Å². The van der Waals surface area contributed by atoms with E-state index in [1.807, 2.05) is 0 Å². The molecule has 0 saturated carbocycles. The second kappa shape index (κ2) is 10.2. The van der Waals surface area contributed by atoms with Gasteiger partial charge in [-0.2, -0.15) is 0 Å². The first-order valence-corrected chi connectivity index (χ1v) is 19.9. The van der Waals surface area contributed by atoms with Gasteiger partial charge in [-0.05, 0) is 146 Å². The molecule has 0 atom stereocenters. The van der Waals surface area contributed by atoms with E-state index in [0.29, 0.717) is 0 Å². The Morgan fingerprint density at radius 3 is 1.29 bits per heavy atom. The molecule has 0 fully saturated rings. The van der Waals surface area contributed by atoms with Crippen LogP contribution in [0.1, 0.15) is 74.9 Å². The fraction of sp³-hybridized carbons (Fsp3) is 0.164. The number of benzene rings is 9. The van der Waals surface area contributed by atoms with Gasteiger partial charge < -0.3 is 0 Å². The summed E-state index contributed by atoms with van der Waals surface area (Å²) in [6, 6.07) is 56.3. The molecule has 0 aliphatic heterocycles. The second-order valence-electron chi connectivity index (χ2n) is 18.1. The van der Waals surface area contributed by atoms with Gasteiger partial charge in [-0.1, -0.05) is 163 Å². The maximum atomic E-state index is 2.51. The van der Waals surface area contributed by atoms with E-state index >= 15 is 0 Å². The van der Waals surface area contributed by atoms with Crippen LogP contribution in [-0.4, -0.2) is 0 Å². The third-order valence-electron chi connectivity index (χ3n) is 14.2. The van der Waals surface area contributed by atoms with Crippen molar-refractivity contribution in [2.24, 2.45) is 0 Å². The lowest BCUT2D eigenvalue weighted by Gasteiger charge is -2.24. The molecule has 0 heteroatoms. The molecule has 0 spiro atoms. The Balaban J connectivity index is 1.19. The fourth-order valence-electron chi connectivity index (χ4n) is 11.4. The molecule has 0 bridgehead atoms. The Morgan fingerprint density at radius 1 is 0.291 bits per heavy atom. The zero-order valence-corrected chi connectivity index (χ0v) is 32.4. The van der Waals surface area contributed by atoms with E-state index in [0.717, 1.165) is 0 Å². The molecule has 0 radical (unpaired) electrons. The van der Waals surface area contributed by atoms with Crippen LogP contribution in [0.4, 0.5) is 0 Å². The van der Waals surface area contributed by atoms with E-state index in [2.05, 4.69) is 187 Å². The summed E-state index contributed by atoms with van der Waals surface area (Å²) in [5.41, 5.74) is 21.7. The average molecular weight is 703 g/mol. The van der Waals surface area contributed by atoms with Gasteiger partial charge in [-0.3, -0.25) is 0 Å². The molecule has 0 heterocycles. The van der Waals surface area contributed by atoms with Crippen molar-refractivity contribution in [2.75, 3.05) is 0 Å². The number of fused-ring (bicyclic) bond motifs is 10. The monoisotopic (exact) mass is 702 g/mol. The van der Waals surface area contributed by atoms with Crippen molar-refractivity contribution in [3.8, 4) is 55.6 Å². The highest BCUT2D eigenvalue weighted by Crippen LogP contribution is 2.56. The van der Waals surface area contributed by atoms with Crippen LogP contribution in [0, 0.1) is 0 Å². The average Bonchev–Trinajstić information content (AvgIpc) is 3.69. The predicted molar refractivity (Wildman–Crippen MR) is 234 cm³/mol. The highest BCUT2D eigenvalue weighted by molar-refractivity contribution is 6.30. The van der Waals surface area contributed by atoms with Crippen LogP contribution in [0.3, 0.4) is 0 Å². The van der Waals surface area contributed by atoms with Crippen LogP contribution in [0.25, 0.3) is 88.0 Å². The fourth-order valence-corrected chi connectivity index (χ4v) is 11.4. The minimum atomic E-state index is -0.0599. The molecule has 9 aromatic carbocycles. The van der Waals surface area contributed by atoms with Crippen LogP contribution in [0.2, 0.25) is 0 Å². The predicted octanol–water partition coefficient (Wildman–Crippen LogP) is 14.8. The third kappa shape index (κ3) is 3.83. The normalized spacial score (nSPS) is 16.3. The summed E-state index contributed by atoms with van der Waals surface area (Å²) in [5.74, 6) is 0. The second-order valence-corrected chi connectivity index (χ2v) is 18.1. The molecule has 0 aromatic heterocycles. The minimum Gasteiger partial charge on any atom is -0.0619 e. The minimum absolute atomic E-state index is 0.0305. The summed E-state index contributed by atoms with van der Waals surface area (Å²) in [6.45, 7) is 14.3. The van der Waals surface area contributed by atoms with Gasteiger partial charge in [0, 0.05) is 16.2 Å². The molecule has 0 nitrogen and oxygen atoms in total. The highest BCUT2D eigenvalue weighted by Gasteiger charge is 2.39. The van der Waals surface area contributed by atoms with Crippen molar-refractivity contribution in [2.45, 2.75) is 57.8 Å². The molecule has 0 saturated heterocycles. The zero-order valence-electron chi connectivity index (χ0n) is 32.4. The molecule has 55 heavy (non-hydrogen) atoms. The van der Waals surface area contributed by atoms with Gasteiger partial charge in [0.25, 0.3) is 0 Å². The molecule has 0 amide bonds. The van der Waals surface area contributed by atoms with Crippen molar-refractivity contribution in [3.05, 3.63) is 179 Å². The summed E-state index contributed by atoms with van der Waals surface area (Å²) < 4.78 is 0. The first-order valence-electron chi connectivity index (χ1n) is 19.9. The van der Waals surface area contributed by atoms with E-state index < -0.39 is 0 Å². The van der Waals surface area contributed by atoms with Crippen molar-refractivity contribution in [3.63, 3.8) is 0 Å². The largest absolute Gasteiger partial charge is 0.0619 e. The van der Waals surface area contributed by atoms with Crippen LogP contribution in [0.15, 0.2) is 146 Å². The molecule has 9 aromatic rings. The molecular formula is C55H42. The Bertz CT molecular complexity index is 3040. The van der Waals surface area contributed by atoms with Gasteiger partial charge in [0.05, 0.1) is 0 Å². The standard InChI is InChI=1S/C55H42/c1-53(2)44-16-10-7-13-34(44)42-27-31(20-25-47(42)53)40-30-41(32-21-26-48-43(28-32)35-14-8-11-17-45(35)54(48,3)4)37-23-24-39-50-33(19-22-36(40)52(37)50)29-49-51(39)38-15-9-12-18-46(38)55(49,5)6/h7-30H,1-6H3. The van der Waals surface area contributed by atoms with Crippen molar-refractivity contribution in [1.82, 2.24) is 0 Å². The van der Waals surface area contributed by atoms with Gasteiger partial charge in [-0.15, -0.1) is 0 Å². The smallest absolute Gasteiger partial charge is 0.0159 e. The quantitative estimate of drug-likeness (QED) is 0.157. The molecule has 0 unspecified atom stereocenters. The van der Waals surface area contributed by atoms with Gasteiger partial charge in [0.15, 0.2) is 0 Å². The maximum absolute atomic E-state index is 2.51. The molecule has 262 valence electrons. The summed E-state index contributed by atoms with van der Waals surface area (Å²) in [6.07, 6.45) is 0. The Kier molecular flexibility index (Phi) is 5.82. The third-order valence-corrected chi connectivity index (χ3v) is 14.2. The van der Waals surface area contributed by atoms with Crippen LogP contribution < -0.4 is 0 Å².